The Hall–Kier alpha value is -1.18. The standard InChI is InChI=1S/C19H32N2O4/c1-3-4-5-10-24-25-12-11-23-18-8-6-16(7-9-18)19(20-2)15-21-13-17(22)14-21/h6-9,17,19-20,22H,3-5,10-15H2,1-2H3. The molecule has 1 unspecified atom stereocenters. The van der Waals surface area contributed by atoms with Crippen LogP contribution in [0.1, 0.15) is 37.8 Å². The lowest BCUT2D eigenvalue weighted by Crippen LogP contribution is -2.52. The fraction of sp³-hybridized carbons (Fsp3) is 0.684. The number of hydrogen-bond donors (Lipinski definition) is 2. The van der Waals surface area contributed by atoms with Gasteiger partial charge in [-0.1, -0.05) is 31.9 Å². The van der Waals surface area contributed by atoms with Crippen molar-refractivity contribution in [3.63, 3.8) is 0 Å². The van der Waals surface area contributed by atoms with Gasteiger partial charge >= 0.3 is 0 Å². The summed E-state index contributed by atoms with van der Waals surface area (Å²) in [4.78, 5) is 12.4. The quantitative estimate of drug-likeness (QED) is 0.322. The maximum absolute atomic E-state index is 9.39. The highest BCUT2D eigenvalue weighted by Crippen LogP contribution is 2.20. The molecule has 0 saturated carbocycles. The molecular weight excluding hydrogens is 320 g/mol. The van der Waals surface area contributed by atoms with E-state index in [0.29, 0.717) is 19.8 Å². The number of unbranched alkanes of at least 4 members (excludes halogenated alkanes) is 2. The number of aliphatic hydroxyl groups is 1. The predicted molar refractivity (Wildman–Crippen MR) is 97.6 cm³/mol. The van der Waals surface area contributed by atoms with Crippen molar-refractivity contribution >= 4 is 0 Å². The van der Waals surface area contributed by atoms with Gasteiger partial charge in [-0.3, -0.25) is 4.90 Å². The summed E-state index contributed by atoms with van der Waals surface area (Å²) in [5, 5.41) is 12.7. The molecule has 1 saturated heterocycles. The molecule has 0 bridgehead atoms. The van der Waals surface area contributed by atoms with E-state index in [2.05, 4.69) is 29.3 Å². The summed E-state index contributed by atoms with van der Waals surface area (Å²) in [7, 11) is 1.96. The lowest BCUT2D eigenvalue weighted by atomic mass is 10.0. The SMILES string of the molecule is CCCCCOOCCOc1ccc(C(CN2CC(O)C2)NC)cc1. The Balaban J connectivity index is 1.63. The minimum absolute atomic E-state index is 0.161. The van der Waals surface area contributed by atoms with Crippen LogP contribution in [0.2, 0.25) is 0 Å². The fourth-order valence-corrected chi connectivity index (χ4v) is 2.83. The number of β-amino-alcohol motifs (C(OH)–C–C–N with tert-alkyl or cyclic N) is 1. The number of nitrogens with one attached hydrogen (secondary N) is 1. The van der Waals surface area contributed by atoms with Gasteiger partial charge < -0.3 is 15.2 Å². The zero-order valence-corrected chi connectivity index (χ0v) is 15.4. The molecule has 0 aliphatic carbocycles. The van der Waals surface area contributed by atoms with Crippen LogP contribution in [0.5, 0.6) is 5.75 Å². The Labute approximate surface area is 151 Å². The smallest absolute Gasteiger partial charge is 0.119 e. The highest BCUT2D eigenvalue weighted by atomic mass is 17.2. The average molecular weight is 352 g/mol. The van der Waals surface area contributed by atoms with E-state index in [0.717, 1.165) is 38.2 Å². The van der Waals surface area contributed by atoms with E-state index in [1.165, 1.54) is 12.0 Å². The van der Waals surface area contributed by atoms with E-state index in [4.69, 9.17) is 14.5 Å². The summed E-state index contributed by atoms with van der Waals surface area (Å²) < 4.78 is 5.66. The molecule has 1 atom stereocenters. The second-order valence-corrected chi connectivity index (χ2v) is 6.48. The van der Waals surface area contributed by atoms with E-state index < -0.39 is 0 Å². The number of nitrogens with zero attached hydrogens (tertiary/aromatic N) is 1. The largest absolute Gasteiger partial charge is 0.491 e. The van der Waals surface area contributed by atoms with Crippen LogP contribution in [0.25, 0.3) is 0 Å². The predicted octanol–water partition coefficient (Wildman–Crippen LogP) is 2.14. The Morgan fingerprint density at radius 1 is 1.12 bits per heavy atom. The number of rotatable bonds is 13. The van der Waals surface area contributed by atoms with Gasteiger partial charge in [0.1, 0.15) is 19.0 Å². The van der Waals surface area contributed by atoms with Crippen LogP contribution in [-0.2, 0) is 9.78 Å². The molecule has 0 amide bonds. The summed E-state index contributed by atoms with van der Waals surface area (Å²) in [6.45, 7) is 6.12. The van der Waals surface area contributed by atoms with Crippen molar-refractivity contribution in [2.75, 3.05) is 46.5 Å². The van der Waals surface area contributed by atoms with Gasteiger partial charge in [0, 0.05) is 25.7 Å². The molecule has 142 valence electrons. The average Bonchev–Trinajstić information content (AvgIpc) is 2.61. The first-order valence-electron chi connectivity index (χ1n) is 9.27. The van der Waals surface area contributed by atoms with Crippen molar-refractivity contribution in [1.82, 2.24) is 10.2 Å². The molecule has 1 fully saturated rings. The number of likely N-dealkylation sites (tertiary alicyclic amines) is 1. The number of benzene rings is 1. The van der Waals surface area contributed by atoms with E-state index in [-0.39, 0.29) is 12.1 Å². The van der Waals surface area contributed by atoms with Gasteiger partial charge in [0.25, 0.3) is 0 Å². The van der Waals surface area contributed by atoms with Gasteiger partial charge in [-0.05, 0) is 31.2 Å². The molecule has 0 aromatic heterocycles. The van der Waals surface area contributed by atoms with Crippen molar-refractivity contribution < 1.29 is 19.6 Å². The summed E-state index contributed by atoms with van der Waals surface area (Å²) in [5.41, 5.74) is 1.21. The minimum atomic E-state index is -0.161. The van der Waals surface area contributed by atoms with Gasteiger partial charge in [0.2, 0.25) is 0 Å². The minimum Gasteiger partial charge on any atom is -0.491 e. The Morgan fingerprint density at radius 2 is 1.84 bits per heavy atom. The molecule has 1 aliphatic heterocycles. The Bertz CT molecular complexity index is 463. The zero-order valence-electron chi connectivity index (χ0n) is 15.4. The first-order valence-corrected chi connectivity index (χ1v) is 9.27. The van der Waals surface area contributed by atoms with Crippen molar-refractivity contribution in [3.05, 3.63) is 29.8 Å². The van der Waals surface area contributed by atoms with Crippen molar-refractivity contribution in [1.29, 1.82) is 0 Å². The monoisotopic (exact) mass is 352 g/mol. The summed E-state index contributed by atoms with van der Waals surface area (Å²) in [6, 6.07) is 8.37. The van der Waals surface area contributed by atoms with E-state index in [1.54, 1.807) is 0 Å². The molecule has 0 radical (unpaired) electrons. The molecule has 6 nitrogen and oxygen atoms in total. The highest BCUT2D eigenvalue weighted by molar-refractivity contribution is 5.29. The van der Waals surface area contributed by atoms with E-state index in [1.807, 2.05) is 19.2 Å². The van der Waals surface area contributed by atoms with Crippen LogP contribution in [0.4, 0.5) is 0 Å². The van der Waals surface area contributed by atoms with E-state index in [9.17, 15) is 5.11 Å². The Morgan fingerprint density at radius 3 is 2.48 bits per heavy atom. The molecule has 25 heavy (non-hydrogen) atoms. The maximum Gasteiger partial charge on any atom is 0.119 e. The third-order valence-electron chi connectivity index (χ3n) is 4.36. The van der Waals surface area contributed by atoms with Gasteiger partial charge in [-0.2, -0.15) is 0 Å². The van der Waals surface area contributed by atoms with Crippen molar-refractivity contribution in [3.8, 4) is 5.75 Å². The molecular formula is C19H32N2O4. The van der Waals surface area contributed by atoms with Crippen LogP contribution in [-0.4, -0.2) is 62.6 Å². The third kappa shape index (κ3) is 7.30. The normalized spacial score (nSPS) is 16.6. The molecule has 1 aliphatic rings. The fourth-order valence-electron chi connectivity index (χ4n) is 2.83. The number of aliphatic hydroxyl groups excluding tert-OH is 1. The third-order valence-corrected chi connectivity index (χ3v) is 4.36. The summed E-state index contributed by atoms with van der Waals surface area (Å²) >= 11 is 0. The molecule has 2 N–H and O–H groups in total. The molecule has 1 heterocycles. The summed E-state index contributed by atoms with van der Waals surface area (Å²) in [5.74, 6) is 0.826. The summed E-state index contributed by atoms with van der Waals surface area (Å²) in [6.07, 6.45) is 3.21. The Kier molecular flexibility index (Phi) is 9.21. The number of likely N-dealkylation sites (N-methyl/N-ethyl adjacent to an activating group) is 1. The van der Waals surface area contributed by atoms with Crippen LogP contribution >= 0.6 is 0 Å². The van der Waals surface area contributed by atoms with Crippen LogP contribution in [0, 0.1) is 0 Å². The topological polar surface area (TPSA) is 63.2 Å². The molecule has 2 rings (SSSR count). The van der Waals surface area contributed by atoms with Crippen LogP contribution in [0.3, 0.4) is 0 Å². The van der Waals surface area contributed by atoms with Crippen molar-refractivity contribution in [2.45, 2.75) is 38.3 Å². The first-order chi connectivity index (χ1) is 12.2. The van der Waals surface area contributed by atoms with Gasteiger partial charge in [0.15, 0.2) is 0 Å². The molecule has 1 aromatic rings. The second kappa shape index (κ2) is 11.4. The lowest BCUT2D eigenvalue weighted by molar-refractivity contribution is -0.297. The van der Waals surface area contributed by atoms with Gasteiger partial charge in [-0.15, -0.1) is 0 Å². The second-order valence-electron chi connectivity index (χ2n) is 6.48. The van der Waals surface area contributed by atoms with E-state index >= 15 is 0 Å². The lowest BCUT2D eigenvalue weighted by Gasteiger charge is -2.38. The van der Waals surface area contributed by atoms with Crippen LogP contribution in [0.15, 0.2) is 24.3 Å². The first kappa shape index (κ1) is 20.1. The van der Waals surface area contributed by atoms with Crippen LogP contribution < -0.4 is 10.1 Å². The van der Waals surface area contributed by atoms with Gasteiger partial charge in [-0.25, -0.2) is 9.78 Å². The number of hydrogen-bond acceptors (Lipinski definition) is 6. The molecule has 6 heteroatoms. The highest BCUT2D eigenvalue weighted by Gasteiger charge is 2.26. The molecule has 1 aromatic carbocycles. The maximum atomic E-state index is 9.39. The zero-order chi connectivity index (χ0) is 17.9. The molecule has 0 spiro atoms. The van der Waals surface area contributed by atoms with Gasteiger partial charge in [0.05, 0.1) is 12.7 Å². The van der Waals surface area contributed by atoms with Crippen molar-refractivity contribution in [2.24, 2.45) is 0 Å². The number of ether oxygens (including phenoxy) is 1.